The van der Waals surface area contributed by atoms with E-state index < -0.39 is 0 Å². The van der Waals surface area contributed by atoms with Gasteiger partial charge in [-0.2, -0.15) is 0 Å². The molecule has 3 unspecified atom stereocenters. The van der Waals surface area contributed by atoms with Gasteiger partial charge in [0.25, 0.3) is 0 Å². The zero-order chi connectivity index (χ0) is 12.4. The summed E-state index contributed by atoms with van der Waals surface area (Å²) in [6, 6.07) is 0.330. The van der Waals surface area contributed by atoms with Crippen molar-refractivity contribution in [3.63, 3.8) is 0 Å². The average molecular weight is 238 g/mol. The first-order chi connectivity index (χ1) is 8.08. The summed E-state index contributed by atoms with van der Waals surface area (Å²) in [5, 5.41) is 0. The fourth-order valence-electron chi connectivity index (χ4n) is 3.29. The van der Waals surface area contributed by atoms with Gasteiger partial charge in [-0.25, -0.2) is 0 Å². The number of carbonyl (C=O) groups excluding carboxylic acids is 1. The van der Waals surface area contributed by atoms with E-state index in [9.17, 15) is 4.79 Å². The molecule has 1 amide bonds. The third kappa shape index (κ3) is 3.01. The number of nitrogens with two attached hydrogens (primary N) is 1. The average Bonchev–Trinajstić information content (AvgIpc) is 2.71. The van der Waals surface area contributed by atoms with Crippen molar-refractivity contribution < 1.29 is 4.79 Å². The maximum absolute atomic E-state index is 12.1. The van der Waals surface area contributed by atoms with Gasteiger partial charge in [0.05, 0.1) is 0 Å². The second kappa shape index (κ2) is 5.38. The minimum absolute atomic E-state index is 0.330. The highest BCUT2D eigenvalue weighted by Gasteiger charge is 2.39. The van der Waals surface area contributed by atoms with Crippen molar-refractivity contribution in [2.24, 2.45) is 23.5 Å². The van der Waals surface area contributed by atoms with Gasteiger partial charge in [-0.3, -0.25) is 4.79 Å². The van der Waals surface area contributed by atoms with Gasteiger partial charge in [0.1, 0.15) is 0 Å². The van der Waals surface area contributed by atoms with Gasteiger partial charge in [0.2, 0.25) is 5.91 Å². The van der Waals surface area contributed by atoms with E-state index in [-0.39, 0.29) is 0 Å². The van der Waals surface area contributed by atoms with Crippen molar-refractivity contribution >= 4 is 5.91 Å². The molecule has 0 bridgehead atoms. The minimum atomic E-state index is 0.330. The lowest BCUT2D eigenvalue weighted by atomic mass is 9.78. The summed E-state index contributed by atoms with van der Waals surface area (Å²) < 4.78 is 0. The molecular formula is C14H26N2O. The van der Waals surface area contributed by atoms with E-state index >= 15 is 0 Å². The Morgan fingerprint density at radius 1 is 1.35 bits per heavy atom. The van der Waals surface area contributed by atoms with Crippen LogP contribution in [-0.4, -0.2) is 29.9 Å². The molecule has 17 heavy (non-hydrogen) atoms. The van der Waals surface area contributed by atoms with Crippen molar-refractivity contribution in [1.29, 1.82) is 0 Å². The maximum atomic E-state index is 12.1. The standard InChI is InChI=1S/C14H26N2O/c1-10(2)6-7-14(17)16-8-11-4-3-5-13(15)12(11)9-16/h10-13H,3-9,15H2,1-2H3. The van der Waals surface area contributed by atoms with E-state index in [4.69, 9.17) is 5.73 Å². The third-order valence-corrected chi connectivity index (χ3v) is 4.44. The fraction of sp³-hybridized carbons (Fsp3) is 0.929. The third-order valence-electron chi connectivity index (χ3n) is 4.44. The zero-order valence-corrected chi connectivity index (χ0v) is 11.2. The predicted molar refractivity (Wildman–Crippen MR) is 69.5 cm³/mol. The first-order valence-electron chi connectivity index (χ1n) is 7.11. The van der Waals surface area contributed by atoms with Crippen LogP contribution in [0.15, 0.2) is 0 Å². The van der Waals surface area contributed by atoms with Crippen LogP contribution in [0, 0.1) is 17.8 Å². The summed E-state index contributed by atoms with van der Waals surface area (Å²) in [7, 11) is 0. The molecule has 0 aromatic rings. The molecule has 1 aliphatic heterocycles. The van der Waals surface area contributed by atoms with Crippen LogP contribution < -0.4 is 5.73 Å². The van der Waals surface area contributed by atoms with E-state index in [1.807, 2.05) is 0 Å². The van der Waals surface area contributed by atoms with Crippen molar-refractivity contribution in [3.05, 3.63) is 0 Å². The van der Waals surface area contributed by atoms with Gasteiger partial charge in [-0.15, -0.1) is 0 Å². The molecule has 0 radical (unpaired) electrons. The van der Waals surface area contributed by atoms with Crippen molar-refractivity contribution in [1.82, 2.24) is 4.90 Å². The number of nitrogens with zero attached hydrogens (tertiary/aromatic N) is 1. The Labute approximate surface area is 105 Å². The van der Waals surface area contributed by atoms with Crippen LogP contribution in [0.25, 0.3) is 0 Å². The number of hydrogen-bond donors (Lipinski definition) is 1. The van der Waals surface area contributed by atoms with E-state index in [1.54, 1.807) is 0 Å². The minimum Gasteiger partial charge on any atom is -0.342 e. The largest absolute Gasteiger partial charge is 0.342 e. The van der Waals surface area contributed by atoms with Gasteiger partial charge in [-0.05, 0) is 37.0 Å². The molecule has 98 valence electrons. The van der Waals surface area contributed by atoms with Crippen molar-refractivity contribution in [2.75, 3.05) is 13.1 Å². The van der Waals surface area contributed by atoms with E-state index in [1.165, 1.54) is 12.8 Å². The summed E-state index contributed by atoms with van der Waals surface area (Å²) >= 11 is 0. The van der Waals surface area contributed by atoms with Crippen molar-refractivity contribution in [3.8, 4) is 0 Å². The Kier molecular flexibility index (Phi) is 4.08. The molecule has 2 aliphatic rings. The van der Waals surface area contributed by atoms with Crippen LogP contribution >= 0.6 is 0 Å². The Morgan fingerprint density at radius 3 is 2.76 bits per heavy atom. The maximum Gasteiger partial charge on any atom is 0.222 e. The van der Waals surface area contributed by atoms with Gasteiger partial charge < -0.3 is 10.6 Å². The van der Waals surface area contributed by atoms with Gasteiger partial charge in [-0.1, -0.05) is 20.3 Å². The van der Waals surface area contributed by atoms with Crippen LogP contribution in [0.1, 0.15) is 46.0 Å². The highest BCUT2D eigenvalue weighted by atomic mass is 16.2. The van der Waals surface area contributed by atoms with E-state index in [2.05, 4.69) is 18.7 Å². The molecular weight excluding hydrogens is 212 g/mol. The lowest BCUT2D eigenvalue weighted by molar-refractivity contribution is -0.130. The molecule has 3 atom stereocenters. The molecule has 1 heterocycles. The SMILES string of the molecule is CC(C)CCC(=O)N1CC2CCCC(N)C2C1. The van der Waals surface area contributed by atoms with Gasteiger partial charge in [0, 0.05) is 25.6 Å². The number of likely N-dealkylation sites (tertiary alicyclic amines) is 1. The second-order valence-electron chi connectivity index (χ2n) is 6.25. The Balaban J connectivity index is 1.86. The van der Waals surface area contributed by atoms with Gasteiger partial charge >= 0.3 is 0 Å². The summed E-state index contributed by atoms with van der Waals surface area (Å²) in [6.45, 7) is 6.23. The van der Waals surface area contributed by atoms with E-state index in [0.29, 0.717) is 36.1 Å². The van der Waals surface area contributed by atoms with Crippen molar-refractivity contribution in [2.45, 2.75) is 52.0 Å². The molecule has 3 heteroatoms. The smallest absolute Gasteiger partial charge is 0.222 e. The quantitative estimate of drug-likeness (QED) is 0.817. The normalized spacial score (nSPS) is 32.9. The summed E-state index contributed by atoms with van der Waals surface area (Å²) in [4.78, 5) is 14.2. The highest BCUT2D eigenvalue weighted by molar-refractivity contribution is 5.76. The van der Waals surface area contributed by atoms with Crippen LogP contribution in [0.3, 0.4) is 0 Å². The molecule has 1 saturated carbocycles. The number of fused-ring (bicyclic) bond motifs is 1. The number of hydrogen-bond acceptors (Lipinski definition) is 2. The highest BCUT2D eigenvalue weighted by Crippen LogP contribution is 2.35. The summed E-state index contributed by atoms with van der Waals surface area (Å²) in [5.74, 6) is 2.22. The van der Waals surface area contributed by atoms with Crippen LogP contribution in [0.4, 0.5) is 0 Å². The summed E-state index contributed by atoms with van der Waals surface area (Å²) in [6.07, 6.45) is 5.39. The number of rotatable bonds is 3. The Morgan fingerprint density at radius 2 is 2.12 bits per heavy atom. The molecule has 2 rings (SSSR count). The predicted octanol–water partition coefficient (Wildman–Crippen LogP) is 2.01. The molecule has 0 aromatic heterocycles. The summed E-state index contributed by atoms with van der Waals surface area (Å²) in [5.41, 5.74) is 6.17. The lowest BCUT2D eigenvalue weighted by Gasteiger charge is -2.29. The zero-order valence-electron chi connectivity index (χ0n) is 11.2. The molecule has 3 nitrogen and oxygen atoms in total. The fourth-order valence-corrected chi connectivity index (χ4v) is 3.29. The molecule has 2 fully saturated rings. The van der Waals surface area contributed by atoms with Crippen LogP contribution in [0.5, 0.6) is 0 Å². The Hall–Kier alpha value is -0.570. The van der Waals surface area contributed by atoms with E-state index in [0.717, 1.165) is 25.9 Å². The molecule has 0 spiro atoms. The topological polar surface area (TPSA) is 46.3 Å². The molecule has 1 aliphatic carbocycles. The molecule has 1 saturated heterocycles. The van der Waals surface area contributed by atoms with Gasteiger partial charge in [0.15, 0.2) is 0 Å². The van der Waals surface area contributed by atoms with Crippen LogP contribution in [-0.2, 0) is 4.79 Å². The number of amides is 1. The first-order valence-corrected chi connectivity index (χ1v) is 7.11. The monoisotopic (exact) mass is 238 g/mol. The lowest BCUT2D eigenvalue weighted by Crippen LogP contribution is -2.38. The first kappa shape index (κ1) is 12.9. The van der Waals surface area contributed by atoms with Crippen LogP contribution in [0.2, 0.25) is 0 Å². The second-order valence-corrected chi connectivity index (χ2v) is 6.25. The number of carbonyl (C=O) groups is 1. The Bertz CT molecular complexity index is 277. The molecule has 0 aromatic carbocycles. The molecule has 2 N–H and O–H groups in total.